The van der Waals surface area contributed by atoms with Crippen molar-refractivity contribution in [2.75, 3.05) is 0 Å². The third-order valence-corrected chi connectivity index (χ3v) is 3.88. The smallest absolute Gasteiger partial charge is 0.387 e. The predicted molar refractivity (Wildman–Crippen MR) is 91.4 cm³/mol. The first-order chi connectivity index (χ1) is 11.4. The maximum atomic E-state index is 11.7. The molecule has 24 heavy (non-hydrogen) atoms. The molecule has 0 fully saturated rings. The maximum absolute atomic E-state index is 11.7. The summed E-state index contributed by atoms with van der Waals surface area (Å²) in [6.45, 7) is -5.50. The number of rotatable bonds is 6. The largest absolute Gasteiger partial charge is 0.435 e. The number of hydrogen-bond donors (Lipinski definition) is 0. The summed E-state index contributed by atoms with van der Waals surface area (Å²) in [5, 5.41) is 1.34. The first kappa shape index (κ1) is 20.8. The van der Waals surface area contributed by atoms with Gasteiger partial charge >= 0.3 is 13.2 Å². The van der Waals surface area contributed by atoms with E-state index in [1.165, 1.54) is 18.2 Å². The van der Waals surface area contributed by atoms with Gasteiger partial charge in [-0.15, -0.1) is 0 Å². The van der Waals surface area contributed by atoms with Crippen LogP contribution in [0.2, 0.25) is 0 Å². The van der Waals surface area contributed by atoms with Gasteiger partial charge in [-0.25, -0.2) is 0 Å². The summed E-state index contributed by atoms with van der Waals surface area (Å²) >= 11 is 6.46. The number of halogens is 6. The second-order valence-corrected chi connectivity index (χ2v) is 5.44. The molecule has 0 radical (unpaired) electrons. The van der Waals surface area contributed by atoms with E-state index in [1.54, 1.807) is 24.3 Å². The minimum absolute atomic E-state index is 0.190. The average Bonchev–Trinajstić information content (AvgIpc) is 2.55. The van der Waals surface area contributed by atoms with Crippen LogP contribution in [0.3, 0.4) is 0 Å². The van der Waals surface area contributed by atoms with Gasteiger partial charge in [0.1, 0.15) is 11.5 Å². The van der Waals surface area contributed by atoms with Crippen LogP contribution >= 0.6 is 31.9 Å². The number of hydrogen-bond acceptors (Lipinski definition) is 2. The highest BCUT2D eigenvalue weighted by Crippen LogP contribution is 2.17. The molecule has 0 aliphatic rings. The summed E-state index contributed by atoms with van der Waals surface area (Å²) < 4.78 is 55.2. The summed E-state index contributed by atoms with van der Waals surface area (Å²) in [5.74, 6) is 0.386. The van der Waals surface area contributed by atoms with Gasteiger partial charge in [-0.1, -0.05) is 56.1 Å². The van der Waals surface area contributed by atoms with Crippen molar-refractivity contribution in [3.8, 4) is 11.5 Å². The van der Waals surface area contributed by atoms with Crippen molar-refractivity contribution in [2.45, 2.75) is 23.9 Å². The Kier molecular flexibility index (Phi) is 9.78. The predicted octanol–water partition coefficient (Wildman–Crippen LogP) is 6.37. The molecule has 0 amide bonds. The SMILES string of the molecule is FC(F)Oc1ccc(CBr)cc1.FC(F)Oc1cccc(CBr)c1. The quantitative estimate of drug-likeness (QED) is 0.358. The number of benzene rings is 2. The van der Waals surface area contributed by atoms with Gasteiger partial charge in [0.2, 0.25) is 0 Å². The van der Waals surface area contributed by atoms with Crippen LogP contribution in [-0.4, -0.2) is 13.2 Å². The topological polar surface area (TPSA) is 18.5 Å². The molecule has 0 N–H and O–H groups in total. The number of alkyl halides is 6. The molecule has 2 nitrogen and oxygen atoms in total. The fraction of sp³-hybridized carbons (Fsp3) is 0.250. The van der Waals surface area contributed by atoms with Gasteiger partial charge in [0.05, 0.1) is 0 Å². The Labute approximate surface area is 154 Å². The third kappa shape index (κ3) is 8.54. The van der Waals surface area contributed by atoms with Crippen LogP contribution in [0.1, 0.15) is 11.1 Å². The molecule has 2 rings (SSSR count). The molecule has 0 unspecified atom stereocenters. The Bertz CT molecular complexity index is 595. The van der Waals surface area contributed by atoms with Gasteiger partial charge in [-0.3, -0.25) is 0 Å². The van der Waals surface area contributed by atoms with Crippen molar-refractivity contribution in [3.05, 3.63) is 59.7 Å². The Morgan fingerprint density at radius 2 is 1.25 bits per heavy atom. The second kappa shape index (κ2) is 11.3. The lowest BCUT2D eigenvalue weighted by Gasteiger charge is -2.04. The molecule has 2 aromatic rings. The zero-order valence-electron chi connectivity index (χ0n) is 12.3. The minimum Gasteiger partial charge on any atom is -0.435 e. The van der Waals surface area contributed by atoms with Crippen LogP contribution in [0.5, 0.6) is 11.5 Å². The van der Waals surface area contributed by atoms with E-state index in [1.807, 2.05) is 6.07 Å². The summed E-state index contributed by atoms with van der Waals surface area (Å²) in [4.78, 5) is 0. The lowest BCUT2D eigenvalue weighted by molar-refractivity contribution is -0.0505. The van der Waals surface area contributed by atoms with Crippen molar-refractivity contribution in [2.24, 2.45) is 0 Å². The van der Waals surface area contributed by atoms with Gasteiger partial charge in [0, 0.05) is 10.7 Å². The van der Waals surface area contributed by atoms with Gasteiger partial charge in [0.25, 0.3) is 0 Å². The molecule has 132 valence electrons. The fourth-order valence-electron chi connectivity index (χ4n) is 1.56. The van der Waals surface area contributed by atoms with Crippen LogP contribution in [-0.2, 0) is 10.7 Å². The summed E-state index contributed by atoms with van der Waals surface area (Å²) in [7, 11) is 0. The lowest BCUT2D eigenvalue weighted by atomic mass is 10.2. The molecule has 8 heteroatoms. The van der Waals surface area contributed by atoms with Crippen LogP contribution in [0.4, 0.5) is 17.6 Å². The molecule has 0 bridgehead atoms. The summed E-state index contributed by atoms with van der Waals surface area (Å²) in [6.07, 6.45) is 0. The van der Waals surface area contributed by atoms with Gasteiger partial charge < -0.3 is 9.47 Å². The fourth-order valence-corrected chi connectivity index (χ4v) is 2.29. The Hall–Kier alpha value is -1.28. The highest BCUT2D eigenvalue weighted by molar-refractivity contribution is 9.08. The maximum Gasteiger partial charge on any atom is 0.387 e. The van der Waals surface area contributed by atoms with Crippen molar-refractivity contribution in [1.82, 2.24) is 0 Å². The van der Waals surface area contributed by atoms with Crippen molar-refractivity contribution in [1.29, 1.82) is 0 Å². The third-order valence-electron chi connectivity index (χ3n) is 2.58. The number of ether oxygens (including phenoxy) is 2. The molecular weight excluding hydrogens is 460 g/mol. The molecule has 0 saturated heterocycles. The first-order valence-electron chi connectivity index (χ1n) is 6.64. The van der Waals surface area contributed by atoms with Crippen LogP contribution < -0.4 is 9.47 Å². The van der Waals surface area contributed by atoms with E-state index in [4.69, 9.17) is 0 Å². The molecule has 0 atom stereocenters. The molecule has 0 aliphatic carbocycles. The zero-order valence-corrected chi connectivity index (χ0v) is 15.4. The van der Waals surface area contributed by atoms with Crippen LogP contribution in [0.15, 0.2) is 48.5 Å². The van der Waals surface area contributed by atoms with Crippen LogP contribution in [0.25, 0.3) is 0 Å². The van der Waals surface area contributed by atoms with Crippen molar-refractivity contribution >= 4 is 31.9 Å². The molecule has 0 saturated carbocycles. The summed E-state index contributed by atoms with van der Waals surface area (Å²) in [6, 6.07) is 13.1. The van der Waals surface area contributed by atoms with Crippen molar-refractivity contribution in [3.63, 3.8) is 0 Å². The van der Waals surface area contributed by atoms with E-state index in [0.717, 1.165) is 11.1 Å². The Balaban J connectivity index is 0.000000240. The zero-order chi connectivity index (χ0) is 17.9. The van der Waals surface area contributed by atoms with Gasteiger partial charge in [-0.2, -0.15) is 17.6 Å². The molecule has 0 spiro atoms. The van der Waals surface area contributed by atoms with E-state index in [-0.39, 0.29) is 11.5 Å². The van der Waals surface area contributed by atoms with Gasteiger partial charge in [0.15, 0.2) is 0 Å². The minimum atomic E-state index is -2.75. The monoisotopic (exact) mass is 472 g/mol. The first-order valence-corrected chi connectivity index (χ1v) is 8.88. The molecule has 0 aromatic heterocycles. The van der Waals surface area contributed by atoms with Gasteiger partial charge in [-0.05, 0) is 35.4 Å². The van der Waals surface area contributed by atoms with Crippen LogP contribution in [0, 0.1) is 0 Å². The van der Waals surface area contributed by atoms with E-state index in [9.17, 15) is 17.6 Å². The molecular formula is C16H14Br2F4O2. The highest BCUT2D eigenvalue weighted by atomic mass is 79.9. The van der Waals surface area contributed by atoms with E-state index in [0.29, 0.717) is 10.7 Å². The van der Waals surface area contributed by atoms with Crippen molar-refractivity contribution < 1.29 is 27.0 Å². The molecule has 0 aliphatic heterocycles. The van der Waals surface area contributed by atoms with E-state index < -0.39 is 13.2 Å². The molecule has 0 heterocycles. The average molecular weight is 474 g/mol. The summed E-state index contributed by atoms with van der Waals surface area (Å²) in [5.41, 5.74) is 1.93. The lowest BCUT2D eigenvalue weighted by Crippen LogP contribution is -2.01. The standard InChI is InChI=1S/2C8H7BrF2O/c9-5-6-1-3-7(4-2-6)12-8(10)11;9-5-6-2-1-3-7(4-6)12-8(10)11/h2*1-4,8H,5H2. The molecule has 2 aromatic carbocycles. The Morgan fingerprint density at radius 3 is 1.75 bits per heavy atom. The van der Waals surface area contributed by atoms with E-state index in [2.05, 4.69) is 41.3 Å². The Morgan fingerprint density at radius 1 is 0.708 bits per heavy atom. The van der Waals surface area contributed by atoms with E-state index >= 15 is 0 Å². The highest BCUT2D eigenvalue weighted by Gasteiger charge is 2.04. The normalized spacial score (nSPS) is 10.3. The second-order valence-electron chi connectivity index (χ2n) is 4.32.